The topological polar surface area (TPSA) is 24.7 Å². The Morgan fingerprint density at radius 2 is 1.64 bits per heavy atom. The lowest BCUT2D eigenvalue weighted by Crippen LogP contribution is -2.34. The molecule has 0 spiro atoms. The predicted octanol–water partition coefficient (Wildman–Crippen LogP) is 2.95. The highest BCUT2D eigenvalue weighted by Gasteiger charge is 2.63. The van der Waals surface area contributed by atoms with E-state index in [2.05, 4.69) is 10.2 Å². The number of rotatable bonds is 2. The van der Waals surface area contributed by atoms with Crippen LogP contribution in [-0.2, 0) is 6.42 Å². The van der Waals surface area contributed by atoms with Crippen molar-refractivity contribution in [3.05, 3.63) is 35.9 Å². The van der Waals surface area contributed by atoms with E-state index in [4.69, 9.17) is 0 Å². The van der Waals surface area contributed by atoms with E-state index in [1.54, 1.807) is 30.3 Å². The normalized spacial score (nSPS) is 18.2. The SMILES string of the molecule is FC(F)(F)C1(Cc2ccccc2)N=N1. The molecule has 0 N–H and O–H groups in total. The molecule has 2 nitrogen and oxygen atoms in total. The van der Waals surface area contributed by atoms with Crippen molar-refractivity contribution < 1.29 is 13.2 Å². The molecular weight excluding hydrogens is 193 g/mol. The molecule has 0 amide bonds. The second-order valence-electron chi connectivity index (χ2n) is 3.18. The van der Waals surface area contributed by atoms with Crippen LogP contribution in [0.25, 0.3) is 0 Å². The first-order valence-corrected chi connectivity index (χ1v) is 4.08. The molecule has 0 aliphatic carbocycles. The molecule has 0 bridgehead atoms. The third kappa shape index (κ3) is 1.49. The van der Waals surface area contributed by atoms with Crippen LogP contribution in [0.4, 0.5) is 13.2 Å². The van der Waals surface area contributed by atoms with Crippen molar-refractivity contribution in [1.29, 1.82) is 0 Å². The molecule has 0 atom stereocenters. The molecule has 0 fully saturated rings. The van der Waals surface area contributed by atoms with Gasteiger partial charge in [0.15, 0.2) is 0 Å². The van der Waals surface area contributed by atoms with Gasteiger partial charge in [0.25, 0.3) is 5.66 Å². The molecule has 1 aliphatic heterocycles. The van der Waals surface area contributed by atoms with E-state index >= 15 is 0 Å². The average molecular weight is 200 g/mol. The Bertz CT molecular complexity index is 350. The molecule has 2 rings (SSSR count). The third-order valence-electron chi connectivity index (χ3n) is 2.09. The van der Waals surface area contributed by atoms with Gasteiger partial charge in [0.1, 0.15) is 0 Å². The van der Waals surface area contributed by atoms with Gasteiger partial charge < -0.3 is 0 Å². The van der Waals surface area contributed by atoms with Crippen molar-refractivity contribution in [2.24, 2.45) is 10.2 Å². The number of hydrogen-bond donors (Lipinski definition) is 0. The minimum Gasteiger partial charge on any atom is -0.166 e. The number of alkyl halides is 3. The summed E-state index contributed by atoms with van der Waals surface area (Å²) in [7, 11) is 0. The van der Waals surface area contributed by atoms with Crippen LogP contribution in [0.2, 0.25) is 0 Å². The van der Waals surface area contributed by atoms with E-state index in [1.807, 2.05) is 0 Å². The smallest absolute Gasteiger partial charge is 0.166 e. The van der Waals surface area contributed by atoms with Crippen LogP contribution in [0.5, 0.6) is 0 Å². The molecule has 1 aliphatic rings. The summed E-state index contributed by atoms with van der Waals surface area (Å²) in [5, 5.41) is 6.20. The Labute approximate surface area is 78.5 Å². The molecule has 0 saturated heterocycles. The van der Waals surface area contributed by atoms with E-state index in [9.17, 15) is 13.2 Å². The van der Waals surface area contributed by atoms with E-state index in [0.717, 1.165) is 0 Å². The van der Waals surface area contributed by atoms with E-state index in [-0.39, 0.29) is 6.42 Å². The van der Waals surface area contributed by atoms with Gasteiger partial charge in [-0.1, -0.05) is 30.3 Å². The first kappa shape index (κ1) is 9.18. The highest BCUT2D eigenvalue weighted by Crippen LogP contribution is 2.46. The average Bonchev–Trinajstić information content (AvgIpc) is 2.86. The summed E-state index contributed by atoms with van der Waals surface area (Å²) in [6.45, 7) is 0. The second-order valence-corrected chi connectivity index (χ2v) is 3.18. The maximum absolute atomic E-state index is 12.4. The van der Waals surface area contributed by atoms with Gasteiger partial charge in [-0.15, -0.1) is 10.2 Å². The summed E-state index contributed by atoms with van der Waals surface area (Å²) in [5.41, 5.74) is -1.57. The van der Waals surface area contributed by atoms with Crippen molar-refractivity contribution in [2.75, 3.05) is 0 Å². The molecule has 0 radical (unpaired) electrons. The summed E-state index contributed by atoms with van der Waals surface area (Å²) < 4.78 is 37.2. The molecule has 1 heterocycles. The minimum absolute atomic E-state index is 0.197. The molecule has 0 saturated carbocycles. The summed E-state index contributed by atoms with van der Waals surface area (Å²) in [6, 6.07) is 8.42. The van der Waals surface area contributed by atoms with Crippen LogP contribution in [0.1, 0.15) is 5.56 Å². The quantitative estimate of drug-likeness (QED) is 0.701. The largest absolute Gasteiger partial charge is 0.438 e. The fourth-order valence-electron chi connectivity index (χ4n) is 1.23. The highest BCUT2D eigenvalue weighted by atomic mass is 19.4. The minimum atomic E-state index is -4.37. The monoisotopic (exact) mass is 200 g/mol. The van der Waals surface area contributed by atoms with Crippen LogP contribution < -0.4 is 0 Å². The van der Waals surface area contributed by atoms with Crippen LogP contribution in [-0.4, -0.2) is 11.8 Å². The lowest BCUT2D eigenvalue weighted by atomic mass is 10.0. The summed E-state index contributed by atoms with van der Waals surface area (Å²) in [5.74, 6) is 0. The van der Waals surface area contributed by atoms with Gasteiger partial charge in [0.05, 0.1) is 0 Å². The van der Waals surface area contributed by atoms with Crippen molar-refractivity contribution >= 4 is 0 Å². The standard InChI is InChI=1S/C9H7F3N2/c10-9(11,12)8(13-14-8)6-7-4-2-1-3-5-7/h1-5H,6H2. The Hall–Kier alpha value is -1.39. The molecule has 1 aromatic rings. The van der Waals surface area contributed by atoms with Gasteiger partial charge >= 0.3 is 6.18 Å². The zero-order valence-corrected chi connectivity index (χ0v) is 7.12. The maximum Gasteiger partial charge on any atom is 0.438 e. The Balaban J connectivity index is 2.13. The van der Waals surface area contributed by atoms with E-state index in [0.29, 0.717) is 5.56 Å². The number of benzene rings is 1. The van der Waals surface area contributed by atoms with Crippen molar-refractivity contribution in [3.63, 3.8) is 0 Å². The number of halogens is 3. The van der Waals surface area contributed by atoms with Crippen molar-refractivity contribution in [2.45, 2.75) is 18.3 Å². The summed E-state index contributed by atoms with van der Waals surface area (Å²) in [6.07, 6.45) is -4.57. The predicted molar refractivity (Wildman–Crippen MR) is 43.8 cm³/mol. The van der Waals surface area contributed by atoms with Crippen molar-refractivity contribution in [1.82, 2.24) is 0 Å². The van der Waals surface area contributed by atoms with E-state index < -0.39 is 11.8 Å². The number of nitrogens with zero attached hydrogens (tertiary/aromatic N) is 2. The van der Waals surface area contributed by atoms with Gasteiger partial charge in [0, 0.05) is 6.42 Å². The Morgan fingerprint density at radius 3 is 2.07 bits per heavy atom. The second kappa shape index (κ2) is 2.80. The third-order valence-corrected chi connectivity index (χ3v) is 2.09. The molecule has 5 heteroatoms. The summed E-state index contributed by atoms with van der Waals surface area (Å²) in [4.78, 5) is 0. The first-order chi connectivity index (χ1) is 6.54. The van der Waals surface area contributed by atoms with Crippen molar-refractivity contribution in [3.8, 4) is 0 Å². The molecular formula is C9H7F3N2. The Kier molecular flexibility index (Phi) is 1.83. The highest BCUT2D eigenvalue weighted by molar-refractivity contribution is 5.20. The van der Waals surface area contributed by atoms with Crippen LogP contribution in [0, 0.1) is 0 Å². The van der Waals surface area contributed by atoms with Gasteiger partial charge in [-0.3, -0.25) is 0 Å². The summed E-state index contributed by atoms with van der Waals surface area (Å²) >= 11 is 0. The van der Waals surface area contributed by atoms with Crippen LogP contribution >= 0.6 is 0 Å². The molecule has 74 valence electrons. The van der Waals surface area contributed by atoms with Gasteiger partial charge in [-0.05, 0) is 5.56 Å². The van der Waals surface area contributed by atoms with Crippen LogP contribution in [0.3, 0.4) is 0 Å². The molecule has 1 aromatic carbocycles. The zero-order chi connectivity index (χ0) is 10.2. The molecule has 14 heavy (non-hydrogen) atoms. The fraction of sp³-hybridized carbons (Fsp3) is 0.333. The van der Waals surface area contributed by atoms with Gasteiger partial charge in [-0.25, -0.2) is 0 Å². The zero-order valence-electron chi connectivity index (χ0n) is 7.12. The van der Waals surface area contributed by atoms with Gasteiger partial charge in [-0.2, -0.15) is 13.2 Å². The lowest BCUT2D eigenvalue weighted by molar-refractivity contribution is -0.163. The van der Waals surface area contributed by atoms with Crippen LogP contribution in [0.15, 0.2) is 40.6 Å². The first-order valence-electron chi connectivity index (χ1n) is 4.08. The molecule has 0 unspecified atom stereocenters. The number of hydrogen-bond acceptors (Lipinski definition) is 2. The van der Waals surface area contributed by atoms with Gasteiger partial charge in [0.2, 0.25) is 0 Å². The Morgan fingerprint density at radius 1 is 1.07 bits per heavy atom. The molecule has 0 aromatic heterocycles. The maximum atomic E-state index is 12.4. The fourth-order valence-corrected chi connectivity index (χ4v) is 1.23. The van der Waals surface area contributed by atoms with E-state index in [1.165, 1.54) is 0 Å². The lowest BCUT2D eigenvalue weighted by Gasteiger charge is -2.13.